The van der Waals surface area contributed by atoms with E-state index in [0.29, 0.717) is 0 Å². The molecule has 3 heteroatoms. The van der Waals surface area contributed by atoms with E-state index in [0.717, 1.165) is 31.5 Å². The highest BCUT2D eigenvalue weighted by atomic mass is 32.1. The fourth-order valence-corrected chi connectivity index (χ4v) is 3.84. The molecule has 0 aromatic carbocycles. The zero-order chi connectivity index (χ0) is 12.8. The lowest BCUT2D eigenvalue weighted by molar-refractivity contribution is 0.155. The lowest BCUT2D eigenvalue weighted by atomic mass is 9.79. The summed E-state index contributed by atoms with van der Waals surface area (Å²) in [6.07, 6.45) is 5.51. The van der Waals surface area contributed by atoms with Crippen molar-refractivity contribution in [2.45, 2.75) is 39.2 Å². The summed E-state index contributed by atoms with van der Waals surface area (Å²) in [5.41, 5.74) is 5.93. The summed E-state index contributed by atoms with van der Waals surface area (Å²) >= 11 is 1.87. The zero-order valence-electron chi connectivity index (χ0n) is 11.5. The zero-order valence-corrected chi connectivity index (χ0v) is 12.3. The van der Waals surface area contributed by atoms with Gasteiger partial charge in [0, 0.05) is 18.0 Å². The Bertz CT molecular complexity index is 323. The van der Waals surface area contributed by atoms with Crippen LogP contribution in [-0.4, -0.2) is 24.5 Å². The molecular formula is C15H26N2S. The van der Waals surface area contributed by atoms with Crippen molar-refractivity contribution in [2.24, 2.45) is 17.6 Å². The van der Waals surface area contributed by atoms with E-state index in [9.17, 15) is 0 Å². The lowest BCUT2D eigenvalue weighted by Gasteiger charge is -2.34. The minimum atomic E-state index is 0.760. The van der Waals surface area contributed by atoms with E-state index in [1.165, 1.54) is 37.1 Å². The minimum Gasteiger partial charge on any atom is -0.330 e. The number of hydrogen-bond donors (Lipinski definition) is 1. The van der Waals surface area contributed by atoms with Crippen molar-refractivity contribution < 1.29 is 0 Å². The molecule has 2 N–H and O–H groups in total. The first-order valence-corrected chi connectivity index (χ1v) is 8.16. The van der Waals surface area contributed by atoms with Gasteiger partial charge in [-0.1, -0.05) is 25.8 Å². The minimum absolute atomic E-state index is 0.760. The largest absolute Gasteiger partial charge is 0.330 e. The summed E-state index contributed by atoms with van der Waals surface area (Å²) in [6, 6.07) is 4.39. The normalized spacial score (nSPS) is 24.6. The van der Waals surface area contributed by atoms with Crippen LogP contribution >= 0.6 is 11.3 Å². The van der Waals surface area contributed by atoms with Gasteiger partial charge >= 0.3 is 0 Å². The van der Waals surface area contributed by atoms with E-state index >= 15 is 0 Å². The first-order chi connectivity index (χ1) is 8.83. The van der Waals surface area contributed by atoms with Crippen molar-refractivity contribution >= 4 is 11.3 Å². The average molecular weight is 266 g/mol. The Morgan fingerprint density at radius 1 is 1.33 bits per heavy atom. The molecule has 2 atom stereocenters. The topological polar surface area (TPSA) is 29.3 Å². The van der Waals surface area contributed by atoms with Crippen LogP contribution in [0, 0.1) is 11.8 Å². The van der Waals surface area contributed by atoms with E-state index in [4.69, 9.17) is 5.73 Å². The second-order valence-corrected chi connectivity index (χ2v) is 6.48. The third kappa shape index (κ3) is 3.81. The molecule has 0 aliphatic heterocycles. The van der Waals surface area contributed by atoms with Gasteiger partial charge in [-0.25, -0.2) is 0 Å². The highest BCUT2D eigenvalue weighted by molar-refractivity contribution is 7.09. The molecular weight excluding hydrogens is 240 g/mol. The van der Waals surface area contributed by atoms with Crippen molar-refractivity contribution in [1.29, 1.82) is 0 Å². The van der Waals surface area contributed by atoms with Gasteiger partial charge in [-0.15, -0.1) is 11.3 Å². The van der Waals surface area contributed by atoms with Crippen molar-refractivity contribution in [2.75, 3.05) is 19.6 Å². The van der Waals surface area contributed by atoms with Crippen LogP contribution in [0.15, 0.2) is 17.5 Å². The maximum absolute atomic E-state index is 5.93. The van der Waals surface area contributed by atoms with Gasteiger partial charge < -0.3 is 5.73 Å². The molecule has 1 aliphatic carbocycles. The molecule has 1 saturated carbocycles. The number of nitrogens with two attached hydrogens (primary N) is 1. The Morgan fingerprint density at radius 3 is 2.72 bits per heavy atom. The molecule has 0 saturated heterocycles. The average Bonchev–Trinajstić information content (AvgIpc) is 2.91. The molecule has 2 unspecified atom stereocenters. The van der Waals surface area contributed by atoms with Crippen LogP contribution in [0.3, 0.4) is 0 Å². The summed E-state index contributed by atoms with van der Waals surface area (Å²) < 4.78 is 0. The molecule has 0 spiro atoms. The third-order valence-electron chi connectivity index (χ3n) is 4.27. The Labute approximate surface area is 115 Å². The van der Waals surface area contributed by atoms with Gasteiger partial charge in [0.1, 0.15) is 0 Å². The molecule has 0 bridgehead atoms. The van der Waals surface area contributed by atoms with Gasteiger partial charge in [0.15, 0.2) is 0 Å². The first-order valence-electron chi connectivity index (χ1n) is 7.28. The number of nitrogens with zero attached hydrogens (tertiary/aromatic N) is 1. The lowest BCUT2D eigenvalue weighted by Crippen LogP contribution is -2.36. The van der Waals surface area contributed by atoms with E-state index < -0.39 is 0 Å². The van der Waals surface area contributed by atoms with Crippen LogP contribution in [0.2, 0.25) is 0 Å². The summed E-state index contributed by atoms with van der Waals surface area (Å²) in [4.78, 5) is 4.07. The first kappa shape index (κ1) is 14.0. The van der Waals surface area contributed by atoms with E-state index in [-0.39, 0.29) is 0 Å². The summed E-state index contributed by atoms with van der Waals surface area (Å²) in [7, 11) is 0. The molecule has 2 nitrogen and oxygen atoms in total. The summed E-state index contributed by atoms with van der Waals surface area (Å²) in [5.74, 6) is 1.58. The molecule has 102 valence electrons. The number of rotatable bonds is 6. The van der Waals surface area contributed by atoms with E-state index in [1.54, 1.807) is 0 Å². The Kier molecular flexibility index (Phi) is 5.67. The van der Waals surface area contributed by atoms with E-state index in [1.807, 2.05) is 11.3 Å². The Morgan fingerprint density at radius 2 is 2.11 bits per heavy atom. The SMILES string of the molecule is CCN(Cc1cccs1)CC1CCCCC1CN. The third-order valence-corrected chi connectivity index (χ3v) is 5.13. The standard InChI is InChI=1S/C15H26N2S/c1-2-17(12-15-8-5-9-18-15)11-14-7-4-3-6-13(14)10-16/h5,8-9,13-14H,2-4,6-7,10-12,16H2,1H3. The van der Waals surface area contributed by atoms with Crippen molar-refractivity contribution in [1.82, 2.24) is 4.90 Å². The van der Waals surface area contributed by atoms with Crippen LogP contribution in [0.4, 0.5) is 0 Å². The molecule has 1 aromatic rings. The van der Waals surface area contributed by atoms with Crippen LogP contribution in [0.5, 0.6) is 0 Å². The van der Waals surface area contributed by atoms with E-state index in [2.05, 4.69) is 29.3 Å². The molecule has 2 rings (SSSR count). The van der Waals surface area contributed by atoms with Gasteiger partial charge in [-0.2, -0.15) is 0 Å². The second kappa shape index (κ2) is 7.27. The highest BCUT2D eigenvalue weighted by Crippen LogP contribution is 2.30. The number of thiophene rings is 1. The molecule has 0 amide bonds. The molecule has 18 heavy (non-hydrogen) atoms. The quantitative estimate of drug-likeness (QED) is 0.855. The monoisotopic (exact) mass is 266 g/mol. The van der Waals surface area contributed by atoms with Crippen LogP contribution < -0.4 is 5.73 Å². The Balaban J connectivity index is 1.88. The summed E-state index contributed by atoms with van der Waals surface area (Å²) in [6.45, 7) is 6.64. The van der Waals surface area contributed by atoms with Gasteiger partial charge in [0.25, 0.3) is 0 Å². The maximum Gasteiger partial charge on any atom is 0.0327 e. The van der Waals surface area contributed by atoms with Crippen molar-refractivity contribution in [3.05, 3.63) is 22.4 Å². The van der Waals surface area contributed by atoms with Gasteiger partial charge in [-0.05, 0) is 49.2 Å². The predicted molar refractivity (Wildman–Crippen MR) is 79.8 cm³/mol. The smallest absolute Gasteiger partial charge is 0.0327 e. The Hall–Kier alpha value is -0.380. The second-order valence-electron chi connectivity index (χ2n) is 5.45. The molecule has 1 fully saturated rings. The molecule has 1 heterocycles. The van der Waals surface area contributed by atoms with Crippen LogP contribution in [0.1, 0.15) is 37.5 Å². The fraction of sp³-hybridized carbons (Fsp3) is 0.733. The highest BCUT2D eigenvalue weighted by Gasteiger charge is 2.25. The predicted octanol–water partition coefficient (Wildman–Crippen LogP) is 3.34. The van der Waals surface area contributed by atoms with Crippen LogP contribution in [0.25, 0.3) is 0 Å². The summed E-state index contributed by atoms with van der Waals surface area (Å²) in [5, 5.41) is 2.17. The maximum atomic E-state index is 5.93. The van der Waals surface area contributed by atoms with Crippen molar-refractivity contribution in [3.8, 4) is 0 Å². The fourth-order valence-electron chi connectivity index (χ4n) is 3.10. The molecule has 1 aromatic heterocycles. The van der Waals surface area contributed by atoms with Gasteiger partial charge in [0.2, 0.25) is 0 Å². The number of hydrogen-bond acceptors (Lipinski definition) is 3. The van der Waals surface area contributed by atoms with Crippen LogP contribution in [-0.2, 0) is 6.54 Å². The van der Waals surface area contributed by atoms with Crippen molar-refractivity contribution in [3.63, 3.8) is 0 Å². The van der Waals surface area contributed by atoms with Gasteiger partial charge in [0.05, 0.1) is 0 Å². The molecule has 1 aliphatic rings. The molecule has 0 radical (unpaired) electrons. The van der Waals surface area contributed by atoms with Gasteiger partial charge in [-0.3, -0.25) is 4.90 Å².